The molecule has 0 aromatic carbocycles. The highest BCUT2D eigenvalue weighted by atomic mass is 79.9. The molecule has 0 aliphatic heterocycles. The summed E-state index contributed by atoms with van der Waals surface area (Å²) in [6, 6.07) is 1.72. The van der Waals surface area contributed by atoms with E-state index < -0.39 is 5.60 Å². The van der Waals surface area contributed by atoms with Gasteiger partial charge < -0.3 is 10.4 Å². The molecule has 2 rings (SSSR count). The second-order valence-corrected chi connectivity index (χ2v) is 6.57. The molecule has 4 nitrogen and oxygen atoms in total. The number of aliphatic hydroxyl groups is 1. The average molecular weight is 341 g/mol. The first-order chi connectivity index (χ1) is 9.52. The SMILES string of the molecule is CCC1CCC(O)(CNC(=O)c2cncc(Br)c2)CC1. The number of aromatic nitrogens is 1. The van der Waals surface area contributed by atoms with Crippen LogP contribution in [-0.4, -0.2) is 28.1 Å². The predicted octanol–water partition coefficient (Wildman–Crippen LogP) is 2.91. The Morgan fingerprint density at radius 2 is 2.20 bits per heavy atom. The topological polar surface area (TPSA) is 62.2 Å². The van der Waals surface area contributed by atoms with Gasteiger partial charge >= 0.3 is 0 Å². The molecule has 1 fully saturated rings. The third kappa shape index (κ3) is 4.03. The van der Waals surface area contributed by atoms with Crippen molar-refractivity contribution in [1.82, 2.24) is 10.3 Å². The van der Waals surface area contributed by atoms with Crippen LogP contribution < -0.4 is 5.32 Å². The lowest BCUT2D eigenvalue weighted by molar-refractivity contribution is -0.00786. The molecule has 1 aromatic rings. The molecule has 0 radical (unpaired) electrons. The van der Waals surface area contributed by atoms with Crippen LogP contribution in [0.1, 0.15) is 49.4 Å². The molecular weight excluding hydrogens is 320 g/mol. The van der Waals surface area contributed by atoms with Crippen LogP contribution in [0.25, 0.3) is 0 Å². The zero-order valence-corrected chi connectivity index (χ0v) is 13.3. The second kappa shape index (κ2) is 6.68. The van der Waals surface area contributed by atoms with Gasteiger partial charge in [-0.2, -0.15) is 0 Å². The Balaban J connectivity index is 1.87. The van der Waals surface area contributed by atoms with Crippen molar-refractivity contribution < 1.29 is 9.90 Å². The van der Waals surface area contributed by atoms with Gasteiger partial charge in [-0.15, -0.1) is 0 Å². The summed E-state index contributed by atoms with van der Waals surface area (Å²) >= 11 is 3.29. The van der Waals surface area contributed by atoms with Crippen LogP contribution in [0.15, 0.2) is 22.9 Å². The third-order valence-corrected chi connectivity index (χ3v) is 4.59. The van der Waals surface area contributed by atoms with Crippen molar-refractivity contribution >= 4 is 21.8 Å². The van der Waals surface area contributed by atoms with E-state index in [9.17, 15) is 9.90 Å². The lowest BCUT2D eigenvalue weighted by Crippen LogP contribution is -2.45. The summed E-state index contributed by atoms with van der Waals surface area (Å²) in [5.41, 5.74) is -0.244. The Morgan fingerprint density at radius 3 is 2.80 bits per heavy atom. The van der Waals surface area contributed by atoms with Crippen LogP contribution in [0.3, 0.4) is 0 Å². The summed E-state index contributed by atoms with van der Waals surface area (Å²) in [7, 11) is 0. The first kappa shape index (κ1) is 15.4. The molecule has 20 heavy (non-hydrogen) atoms. The lowest BCUT2D eigenvalue weighted by Gasteiger charge is -2.35. The van der Waals surface area contributed by atoms with Gasteiger partial charge in [0.05, 0.1) is 11.2 Å². The Hall–Kier alpha value is -0.940. The summed E-state index contributed by atoms with van der Waals surface area (Å²) < 4.78 is 0.771. The van der Waals surface area contributed by atoms with Crippen LogP contribution in [0.4, 0.5) is 0 Å². The molecule has 1 aromatic heterocycles. The molecule has 1 aliphatic carbocycles. The van der Waals surface area contributed by atoms with Crippen LogP contribution in [-0.2, 0) is 0 Å². The Morgan fingerprint density at radius 1 is 1.50 bits per heavy atom. The maximum absolute atomic E-state index is 12.0. The van der Waals surface area contributed by atoms with Gasteiger partial charge in [-0.3, -0.25) is 9.78 Å². The highest BCUT2D eigenvalue weighted by Gasteiger charge is 2.32. The molecule has 1 amide bonds. The minimum Gasteiger partial charge on any atom is -0.388 e. The third-order valence-electron chi connectivity index (χ3n) is 4.16. The molecule has 1 aliphatic rings. The fourth-order valence-electron chi connectivity index (χ4n) is 2.68. The number of carbonyl (C=O) groups excluding carboxylic acids is 1. The lowest BCUT2D eigenvalue weighted by atomic mass is 9.78. The van der Waals surface area contributed by atoms with Gasteiger partial charge in [-0.1, -0.05) is 13.3 Å². The fraction of sp³-hybridized carbons (Fsp3) is 0.600. The van der Waals surface area contributed by atoms with E-state index in [4.69, 9.17) is 0 Å². The Bertz CT molecular complexity index is 471. The normalized spacial score (nSPS) is 26.2. The largest absolute Gasteiger partial charge is 0.388 e. The molecule has 2 N–H and O–H groups in total. The number of amides is 1. The first-order valence-corrected chi connectivity index (χ1v) is 7.93. The van der Waals surface area contributed by atoms with Crippen molar-refractivity contribution in [3.63, 3.8) is 0 Å². The van der Waals surface area contributed by atoms with Crippen LogP contribution in [0.2, 0.25) is 0 Å². The molecule has 0 unspecified atom stereocenters. The van der Waals surface area contributed by atoms with E-state index >= 15 is 0 Å². The van der Waals surface area contributed by atoms with Crippen LogP contribution in [0, 0.1) is 5.92 Å². The molecule has 5 heteroatoms. The average Bonchev–Trinajstić information content (AvgIpc) is 2.46. The molecule has 0 spiro atoms. The van der Waals surface area contributed by atoms with E-state index in [1.165, 1.54) is 12.6 Å². The van der Waals surface area contributed by atoms with E-state index in [0.717, 1.165) is 36.1 Å². The zero-order chi connectivity index (χ0) is 14.6. The number of carbonyl (C=O) groups is 1. The van der Waals surface area contributed by atoms with Gasteiger partial charge in [0.2, 0.25) is 0 Å². The Kier molecular flexibility index (Phi) is 5.16. The highest BCUT2D eigenvalue weighted by Crippen LogP contribution is 2.33. The van der Waals surface area contributed by atoms with Crippen molar-refractivity contribution in [2.45, 2.75) is 44.6 Å². The zero-order valence-electron chi connectivity index (χ0n) is 11.7. The van der Waals surface area contributed by atoms with E-state index in [1.807, 2.05) is 0 Å². The van der Waals surface area contributed by atoms with E-state index in [1.54, 1.807) is 12.3 Å². The highest BCUT2D eigenvalue weighted by molar-refractivity contribution is 9.10. The quantitative estimate of drug-likeness (QED) is 0.885. The first-order valence-electron chi connectivity index (χ1n) is 7.13. The Labute approximate surface area is 128 Å². The van der Waals surface area contributed by atoms with Crippen molar-refractivity contribution in [2.24, 2.45) is 5.92 Å². The summed E-state index contributed by atoms with van der Waals surface area (Å²) in [6.45, 7) is 2.51. The van der Waals surface area contributed by atoms with Gasteiger partial charge in [0, 0.05) is 23.4 Å². The molecular formula is C15H21BrN2O2. The number of pyridine rings is 1. The molecule has 0 bridgehead atoms. The van der Waals surface area contributed by atoms with Crippen molar-refractivity contribution in [2.75, 3.05) is 6.54 Å². The molecule has 110 valence electrons. The van der Waals surface area contributed by atoms with Gasteiger partial charge in [0.15, 0.2) is 0 Å². The standard InChI is InChI=1S/C15H21BrN2O2/c1-2-11-3-5-15(20,6-4-11)10-18-14(19)12-7-13(16)9-17-8-12/h7-9,11,20H,2-6,10H2,1H3,(H,18,19). The van der Waals surface area contributed by atoms with Gasteiger partial charge in [0.25, 0.3) is 5.91 Å². The molecule has 0 atom stereocenters. The molecule has 1 heterocycles. The van der Waals surface area contributed by atoms with Crippen LogP contribution in [0.5, 0.6) is 0 Å². The maximum atomic E-state index is 12.0. The molecule has 1 saturated carbocycles. The predicted molar refractivity (Wildman–Crippen MR) is 81.5 cm³/mol. The number of rotatable bonds is 4. The van der Waals surface area contributed by atoms with Gasteiger partial charge in [-0.05, 0) is 53.6 Å². The summed E-state index contributed by atoms with van der Waals surface area (Å²) in [4.78, 5) is 16.0. The second-order valence-electron chi connectivity index (χ2n) is 5.65. The van der Waals surface area contributed by atoms with Crippen molar-refractivity contribution in [1.29, 1.82) is 0 Å². The summed E-state index contributed by atoms with van der Waals surface area (Å²) in [5.74, 6) is 0.532. The monoisotopic (exact) mass is 340 g/mol. The van der Waals surface area contributed by atoms with E-state index in [-0.39, 0.29) is 5.91 Å². The van der Waals surface area contributed by atoms with Crippen LogP contribution >= 0.6 is 15.9 Å². The number of nitrogens with zero attached hydrogens (tertiary/aromatic N) is 1. The molecule has 0 saturated heterocycles. The number of hydrogen-bond donors (Lipinski definition) is 2. The minimum absolute atomic E-state index is 0.190. The van der Waals surface area contributed by atoms with Gasteiger partial charge in [0.1, 0.15) is 0 Å². The van der Waals surface area contributed by atoms with E-state index in [0.29, 0.717) is 12.1 Å². The van der Waals surface area contributed by atoms with Gasteiger partial charge in [-0.25, -0.2) is 0 Å². The van der Waals surface area contributed by atoms with Crippen molar-refractivity contribution in [3.05, 3.63) is 28.5 Å². The number of halogens is 1. The summed E-state index contributed by atoms with van der Waals surface area (Å²) in [5, 5.41) is 13.3. The minimum atomic E-state index is -0.749. The number of hydrogen-bond acceptors (Lipinski definition) is 3. The van der Waals surface area contributed by atoms with Crippen molar-refractivity contribution in [3.8, 4) is 0 Å². The van der Waals surface area contributed by atoms with E-state index in [2.05, 4.69) is 33.2 Å². The summed E-state index contributed by atoms with van der Waals surface area (Å²) in [6.07, 6.45) is 7.95. The smallest absolute Gasteiger partial charge is 0.252 e. The fourth-order valence-corrected chi connectivity index (χ4v) is 3.05. The number of nitrogens with one attached hydrogen (secondary N) is 1. The maximum Gasteiger partial charge on any atom is 0.252 e.